The van der Waals surface area contributed by atoms with E-state index in [1.54, 1.807) is 6.26 Å². The number of unbranched alkanes of at least 4 members (excludes halogenated alkanes) is 3. The number of nitrogens with two attached hydrogens (primary N) is 1. The van der Waals surface area contributed by atoms with Crippen molar-refractivity contribution in [1.29, 1.82) is 0 Å². The van der Waals surface area contributed by atoms with Crippen molar-refractivity contribution in [3.63, 3.8) is 0 Å². The van der Waals surface area contributed by atoms with E-state index in [0.717, 1.165) is 47.9 Å². The number of nitrogens with zero attached hydrogens (tertiary/aromatic N) is 1. The first-order chi connectivity index (χ1) is 10.4. The monoisotopic (exact) mass is 283 g/mol. The van der Waals surface area contributed by atoms with Gasteiger partial charge in [0.25, 0.3) is 0 Å². The highest BCUT2D eigenvalue weighted by atomic mass is 16.3. The Morgan fingerprint density at radius 3 is 2.76 bits per heavy atom. The van der Waals surface area contributed by atoms with Crippen molar-refractivity contribution in [1.82, 2.24) is 4.98 Å². The summed E-state index contributed by atoms with van der Waals surface area (Å²) in [6.07, 6.45) is 6.38. The molecule has 3 aromatic rings. The van der Waals surface area contributed by atoms with Gasteiger partial charge in [-0.25, -0.2) is 4.98 Å². The van der Waals surface area contributed by atoms with Crippen LogP contribution in [0.3, 0.4) is 0 Å². The standard InChI is InChI=1S/C17H21N3O/c18-10-5-1-2-6-11-19-16-13-7-3-4-8-15(13)20-17-14(16)9-12-21-17/h3-4,7-9,12H,1-2,5-6,10-11,18H2,(H,19,20). The summed E-state index contributed by atoms with van der Waals surface area (Å²) in [5.41, 5.74) is 8.30. The van der Waals surface area contributed by atoms with E-state index in [4.69, 9.17) is 10.2 Å². The molecule has 0 bridgehead atoms. The summed E-state index contributed by atoms with van der Waals surface area (Å²) < 4.78 is 5.46. The molecule has 0 aliphatic heterocycles. The van der Waals surface area contributed by atoms with Gasteiger partial charge >= 0.3 is 0 Å². The first-order valence-corrected chi connectivity index (χ1v) is 7.60. The molecule has 1 aromatic carbocycles. The fourth-order valence-corrected chi connectivity index (χ4v) is 2.64. The first kappa shape index (κ1) is 13.9. The molecule has 0 spiro atoms. The summed E-state index contributed by atoms with van der Waals surface area (Å²) in [6, 6.07) is 10.1. The Kier molecular flexibility index (Phi) is 4.36. The smallest absolute Gasteiger partial charge is 0.228 e. The van der Waals surface area contributed by atoms with E-state index in [2.05, 4.69) is 16.4 Å². The van der Waals surface area contributed by atoms with Crippen LogP contribution in [0.1, 0.15) is 25.7 Å². The number of para-hydroxylation sites is 1. The molecule has 0 aliphatic carbocycles. The van der Waals surface area contributed by atoms with Gasteiger partial charge in [0, 0.05) is 11.9 Å². The highest BCUT2D eigenvalue weighted by Gasteiger charge is 2.10. The Morgan fingerprint density at radius 2 is 1.86 bits per heavy atom. The van der Waals surface area contributed by atoms with Gasteiger partial charge in [-0.2, -0.15) is 0 Å². The highest BCUT2D eigenvalue weighted by Crippen LogP contribution is 2.31. The number of rotatable bonds is 7. The highest BCUT2D eigenvalue weighted by molar-refractivity contribution is 6.05. The minimum Gasteiger partial charge on any atom is -0.446 e. The lowest BCUT2D eigenvalue weighted by atomic mass is 10.1. The van der Waals surface area contributed by atoms with Crippen LogP contribution in [0, 0.1) is 0 Å². The van der Waals surface area contributed by atoms with Gasteiger partial charge < -0.3 is 15.5 Å². The van der Waals surface area contributed by atoms with E-state index in [-0.39, 0.29) is 0 Å². The number of hydrogen-bond acceptors (Lipinski definition) is 4. The van der Waals surface area contributed by atoms with Gasteiger partial charge in [0.05, 0.1) is 22.9 Å². The molecule has 0 saturated heterocycles. The molecule has 2 aromatic heterocycles. The van der Waals surface area contributed by atoms with Crippen molar-refractivity contribution in [3.8, 4) is 0 Å². The SMILES string of the molecule is NCCCCCCNc1c2ccccc2nc2occc12. The third kappa shape index (κ3) is 3.00. The van der Waals surface area contributed by atoms with Gasteiger partial charge in [-0.3, -0.25) is 0 Å². The van der Waals surface area contributed by atoms with Gasteiger partial charge in [0.1, 0.15) is 0 Å². The van der Waals surface area contributed by atoms with Crippen LogP contribution in [0.5, 0.6) is 0 Å². The minimum atomic E-state index is 0.694. The van der Waals surface area contributed by atoms with Crippen LogP contribution < -0.4 is 11.1 Å². The summed E-state index contributed by atoms with van der Waals surface area (Å²) in [4.78, 5) is 4.55. The van der Waals surface area contributed by atoms with E-state index in [1.165, 1.54) is 12.8 Å². The lowest BCUT2D eigenvalue weighted by Crippen LogP contribution is -2.04. The van der Waals surface area contributed by atoms with Crippen LogP contribution in [0.25, 0.3) is 22.0 Å². The molecule has 110 valence electrons. The van der Waals surface area contributed by atoms with Gasteiger partial charge in [-0.05, 0) is 31.5 Å². The number of pyridine rings is 1. The average Bonchev–Trinajstić information content (AvgIpc) is 2.97. The van der Waals surface area contributed by atoms with E-state index in [0.29, 0.717) is 5.71 Å². The van der Waals surface area contributed by atoms with Crippen LogP contribution in [0.2, 0.25) is 0 Å². The third-order valence-corrected chi connectivity index (χ3v) is 3.74. The quantitative estimate of drug-likeness (QED) is 0.645. The molecule has 0 saturated carbocycles. The molecule has 3 N–H and O–H groups in total. The Morgan fingerprint density at radius 1 is 1.00 bits per heavy atom. The Balaban J connectivity index is 1.79. The number of furan rings is 1. The summed E-state index contributed by atoms with van der Waals surface area (Å²) in [6.45, 7) is 1.75. The molecule has 0 fully saturated rings. The average molecular weight is 283 g/mol. The van der Waals surface area contributed by atoms with Gasteiger partial charge in [-0.15, -0.1) is 0 Å². The van der Waals surface area contributed by atoms with Crippen LogP contribution in [-0.4, -0.2) is 18.1 Å². The number of benzene rings is 1. The summed E-state index contributed by atoms with van der Waals surface area (Å²) in [7, 11) is 0. The maximum Gasteiger partial charge on any atom is 0.228 e. The third-order valence-electron chi connectivity index (χ3n) is 3.74. The molecular weight excluding hydrogens is 262 g/mol. The predicted molar refractivity (Wildman–Crippen MR) is 87.5 cm³/mol. The second-order valence-electron chi connectivity index (χ2n) is 5.27. The maximum atomic E-state index is 5.51. The number of nitrogens with one attached hydrogen (secondary N) is 1. The maximum absolute atomic E-state index is 5.51. The van der Waals surface area contributed by atoms with Gasteiger partial charge in [0.15, 0.2) is 0 Å². The fourth-order valence-electron chi connectivity index (χ4n) is 2.64. The zero-order chi connectivity index (χ0) is 14.5. The van der Waals surface area contributed by atoms with Crippen LogP contribution >= 0.6 is 0 Å². The van der Waals surface area contributed by atoms with Crippen LogP contribution in [0.15, 0.2) is 41.0 Å². The van der Waals surface area contributed by atoms with Crippen LogP contribution in [0.4, 0.5) is 5.69 Å². The number of fused-ring (bicyclic) bond motifs is 2. The van der Waals surface area contributed by atoms with Crippen molar-refractivity contribution in [2.24, 2.45) is 5.73 Å². The van der Waals surface area contributed by atoms with E-state index < -0.39 is 0 Å². The Hall–Kier alpha value is -2.07. The topological polar surface area (TPSA) is 64.1 Å². The molecule has 0 radical (unpaired) electrons. The molecule has 4 heteroatoms. The molecule has 0 amide bonds. The molecule has 3 rings (SSSR count). The largest absolute Gasteiger partial charge is 0.446 e. The molecule has 0 unspecified atom stereocenters. The van der Waals surface area contributed by atoms with Crippen molar-refractivity contribution >= 4 is 27.7 Å². The predicted octanol–water partition coefficient (Wildman–Crippen LogP) is 3.91. The number of aromatic nitrogens is 1. The van der Waals surface area contributed by atoms with E-state index >= 15 is 0 Å². The van der Waals surface area contributed by atoms with Crippen molar-refractivity contribution < 1.29 is 4.42 Å². The fraction of sp³-hybridized carbons (Fsp3) is 0.353. The summed E-state index contributed by atoms with van der Waals surface area (Å²) in [5, 5.41) is 5.76. The first-order valence-electron chi connectivity index (χ1n) is 7.60. The second-order valence-corrected chi connectivity index (χ2v) is 5.27. The normalized spacial score (nSPS) is 11.3. The van der Waals surface area contributed by atoms with Crippen molar-refractivity contribution in [2.75, 3.05) is 18.4 Å². The molecular formula is C17H21N3O. The summed E-state index contributed by atoms with van der Waals surface area (Å²) in [5.74, 6) is 0. The van der Waals surface area contributed by atoms with Gasteiger partial charge in [0.2, 0.25) is 5.71 Å². The molecule has 2 heterocycles. The zero-order valence-electron chi connectivity index (χ0n) is 12.1. The number of hydrogen-bond donors (Lipinski definition) is 2. The molecule has 0 aliphatic rings. The lowest BCUT2D eigenvalue weighted by Gasteiger charge is -2.10. The molecule has 4 nitrogen and oxygen atoms in total. The van der Waals surface area contributed by atoms with Gasteiger partial charge in [-0.1, -0.05) is 31.0 Å². The molecule has 0 atom stereocenters. The zero-order valence-corrected chi connectivity index (χ0v) is 12.1. The van der Waals surface area contributed by atoms with Crippen molar-refractivity contribution in [2.45, 2.75) is 25.7 Å². The van der Waals surface area contributed by atoms with Crippen LogP contribution in [-0.2, 0) is 0 Å². The minimum absolute atomic E-state index is 0.694. The second kappa shape index (κ2) is 6.59. The van der Waals surface area contributed by atoms with E-state index in [1.807, 2.05) is 24.3 Å². The summed E-state index contributed by atoms with van der Waals surface area (Å²) >= 11 is 0. The molecule has 21 heavy (non-hydrogen) atoms. The van der Waals surface area contributed by atoms with Crippen molar-refractivity contribution in [3.05, 3.63) is 36.6 Å². The Bertz CT molecular complexity index is 720. The lowest BCUT2D eigenvalue weighted by molar-refractivity contribution is 0.604. The van der Waals surface area contributed by atoms with E-state index in [9.17, 15) is 0 Å². The number of anilines is 1. The Labute approximate surface area is 124 Å².